The van der Waals surface area contributed by atoms with Crippen LogP contribution in [0.3, 0.4) is 0 Å². The molecule has 0 saturated carbocycles. The van der Waals surface area contributed by atoms with Crippen molar-refractivity contribution in [1.29, 1.82) is 5.41 Å². The second-order valence-corrected chi connectivity index (χ2v) is 3.77. The molecule has 0 saturated heterocycles. The predicted molar refractivity (Wildman–Crippen MR) is 66.4 cm³/mol. The first kappa shape index (κ1) is 14.4. The van der Waals surface area contributed by atoms with Crippen LogP contribution in [-0.2, 0) is 0 Å². The summed E-state index contributed by atoms with van der Waals surface area (Å²) in [6.45, 7) is 12.5. The fourth-order valence-electron chi connectivity index (χ4n) is 1.65. The van der Waals surface area contributed by atoms with Crippen molar-refractivity contribution in [3.8, 4) is 0 Å². The van der Waals surface area contributed by atoms with E-state index in [4.69, 9.17) is 11.1 Å². The Morgan fingerprint density at radius 2 is 1.47 bits per heavy atom. The summed E-state index contributed by atoms with van der Waals surface area (Å²) >= 11 is 0. The largest absolute Gasteiger partial charge is 0.387 e. The lowest BCUT2D eigenvalue weighted by Gasteiger charge is -2.22. The first-order valence-corrected chi connectivity index (χ1v) is 5.91. The molecule has 0 rings (SSSR count). The van der Waals surface area contributed by atoms with Gasteiger partial charge >= 0.3 is 0 Å². The van der Waals surface area contributed by atoms with Crippen molar-refractivity contribution in [2.45, 2.75) is 27.2 Å². The molecule has 0 aliphatic carbocycles. The number of nitrogens with one attached hydrogen (secondary N) is 1. The molecule has 0 aromatic heterocycles. The third kappa shape index (κ3) is 7.33. The van der Waals surface area contributed by atoms with Crippen LogP contribution in [-0.4, -0.2) is 54.9 Å². The summed E-state index contributed by atoms with van der Waals surface area (Å²) in [6, 6.07) is 0. The van der Waals surface area contributed by atoms with Crippen LogP contribution in [0.5, 0.6) is 0 Å². The third-order valence-electron chi connectivity index (χ3n) is 2.68. The van der Waals surface area contributed by atoms with Crippen LogP contribution in [0.4, 0.5) is 0 Å². The molecule has 0 aromatic carbocycles. The average Bonchev–Trinajstić information content (AvgIpc) is 2.22. The average molecular weight is 214 g/mol. The summed E-state index contributed by atoms with van der Waals surface area (Å²) < 4.78 is 0. The monoisotopic (exact) mass is 214 g/mol. The Balaban J connectivity index is 3.66. The number of amidine groups is 1. The molecule has 0 amide bonds. The Hall–Kier alpha value is -0.610. The fraction of sp³-hybridized carbons (Fsp3) is 0.909. The van der Waals surface area contributed by atoms with E-state index in [-0.39, 0.29) is 5.84 Å². The van der Waals surface area contributed by atoms with Crippen molar-refractivity contribution in [3.63, 3.8) is 0 Å². The minimum Gasteiger partial charge on any atom is -0.387 e. The maximum atomic E-state index is 7.25. The van der Waals surface area contributed by atoms with Crippen LogP contribution in [0.25, 0.3) is 0 Å². The summed E-state index contributed by atoms with van der Waals surface area (Å²) in [5.41, 5.74) is 5.38. The van der Waals surface area contributed by atoms with Crippen LogP contribution in [0.2, 0.25) is 0 Å². The number of rotatable bonds is 9. The summed E-state index contributed by atoms with van der Waals surface area (Å²) in [5.74, 6) is 0.264. The summed E-state index contributed by atoms with van der Waals surface area (Å²) in [7, 11) is 0. The maximum Gasteiger partial charge on any atom is 0.105 e. The topological polar surface area (TPSA) is 56.4 Å². The summed E-state index contributed by atoms with van der Waals surface area (Å²) in [6.07, 6.45) is 1.16. The highest BCUT2D eigenvalue weighted by atomic mass is 15.1. The lowest BCUT2D eigenvalue weighted by atomic mass is 10.3. The van der Waals surface area contributed by atoms with E-state index in [1.807, 2.05) is 0 Å². The predicted octanol–water partition coefficient (Wildman–Crippen LogP) is 0.976. The fourth-order valence-corrected chi connectivity index (χ4v) is 1.65. The lowest BCUT2D eigenvalue weighted by molar-refractivity contribution is 0.259. The van der Waals surface area contributed by atoms with Gasteiger partial charge in [-0.15, -0.1) is 0 Å². The standard InChI is InChI=1S/C11H26N4/c1-4-14(5-2)8-7-9-15(6-3)10-11(12)13/h4-10H2,1-3H3,(H3,12,13). The Bertz CT molecular complexity index is 166. The van der Waals surface area contributed by atoms with Gasteiger partial charge in [-0.2, -0.15) is 0 Å². The van der Waals surface area contributed by atoms with Crippen LogP contribution in [0.15, 0.2) is 0 Å². The molecule has 0 fully saturated rings. The molecular weight excluding hydrogens is 188 g/mol. The highest BCUT2D eigenvalue weighted by Gasteiger charge is 2.04. The van der Waals surface area contributed by atoms with Gasteiger partial charge in [-0.05, 0) is 39.1 Å². The van der Waals surface area contributed by atoms with Gasteiger partial charge in [0.15, 0.2) is 0 Å². The molecule has 4 nitrogen and oxygen atoms in total. The van der Waals surface area contributed by atoms with Gasteiger partial charge in [-0.1, -0.05) is 20.8 Å². The summed E-state index contributed by atoms with van der Waals surface area (Å²) in [4.78, 5) is 4.63. The molecule has 0 bridgehead atoms. The molecule has 0 aliphatic heterocycles. The van der Waals surface area contributed by atoms with Gasteiger partial charge in [-0.3, -0.25) is 10.3 Å². The highest BCUT2D eigenvalue weighted by molar-refractivity contribution is 5.78. The summed E-state index contributed by atoms with van der Waals surface area (Å²) in [5, 5.41) is 7.25. The van der Waals surface area contributed by atoms with Gasteiger partial charge in [-0.25, -0.2) is 0 Å². The van der Waals surface area contributed by atoms with Crippen molar-refractivity contribution in [2.75, 3.05) is 39.3 Å². The van der Waals surface area contributed by atoms with Gasteiger partial charge in [0, 0.05) is 0 Å². The second-order valence-electron chi connectivity index (χ2n) is 3.77. The van der Waals surface area contributed by atoms with Gasteiger partial charge in [0.25, 0.3) is 0 Å². The van der Waals surface area contributed by atoms with Crippen LogP contribution >= 0.6 is 0 Å². The first-order valence-electron chi connectivity index (χ1n) is 5.91. The van der Waals surface area contributed by atoms with Gasteiger partial charge in [0.2, 0.25) is 0 Å². The molecule has 90 valence electrons. The van der Waals surface area contributed by atoms with Crippen LogP contribution in [0, 0.1) is 5.41 Å². The highest BCUT2D eigenvalue weighted by Crippen LogP contribution is 1.95. The normalized spacial score (nSPS) is 11.3. The number of hydrogen-bond acceptors (Lipinski definition) is 3. The van der Waals surface area contributed by atoms with Crippen molar-refractivity contribution in [3.05, 3.63) is 0 Å². The number of nitrogens with two attached hydrogens (primary N) is 1. The van der Waals surface area contributed by atoms with Crippen molar-refractivity contribution in [2.24, 2.45) is 5.73 Å². The molecule has 3 N–H and O–H groups in total. The van der Waals surface area contributed by atoms with E-state index in [1.165, 1.54) is 0 Å². The van der Waals surface area contributed by atoms with E-state index >= 15 is 0 Å². The smallest absolute Gasteiger partial charge is 0.105 e. The zero-order valence-corrected chi connectivity index (χ0v) is 10.4. The van der Waals surface area contributed by atoms with E-state index in [1.54, 1.807) is 0 Å². The molecule has 0 aromatic rings. The second kappa shape index (κ2) is 8.68. The molecule has 0 spiro atoms. The van der Waals surface area contributed by atoms with Crippen molar-refractivity contribution < 1.29 is 0 Å². The minimum absolute atomic E-state index is 0.264. The molecule has 4 heteroatoms. The number of nitrogens with zero attached hydrogens (tertiary/aromatic N) is 2. The number of hydrogen-bond donors (Lipinski definition) is 2. The Morgan fingerprint density at radius 1 is 1.00 bits per heavy atom. The van der Waals surface area contributed by atoms with Gasteiger partial charge < -0.3 is 10.6 Å². The van der Waals surface area contributed by atoms with Crippen molar-refractivity contribution >= 4 is 5.84 Å². The number of likely N-dealkylation sites (N-methyl/N-ethyl adjacent to an activating group) is 1. The van der Waals surface area contributed by atoms with Crippen molar-refractivity contribution in [1.82, 2.24) is 9.80 Å². The molecule has 0 unspecified atom stereocenters. The molecule has 0 radical (unpaired) electrons. The molecule has 0 aliphatic rings. The zero-order valence-electron chi connectivity index (χ0n) is 10.4. The van der Waals surface area contributed by atoms with E-state index in [9.17, 15) is 0 Å². The van der Waals surface area contributed by atoms with E-state index in [0.29, 0.717) is 6.54 Å². The van der Waals surface area contributed by atoms with Crippen LogP contribution < -0.4 is 5.73 Å². The van der Waals surface area contributed by atoms with Crippen LogP contribution in [0.1, 0.15) is 27.2 Å². The van der Waals surface area contributed by atoms with Gasteiger partial charge in [0.1, 0.15) is 5.84 Å². The molecule has 0 atom stereocenters. The molecular formula is C11H26N4. The Kier molecular flexibility index (Phi) is 8.33. The third-order valence-corrected chi connectivity index (χ3v) is 2.68. The van der Waals surface area contributed by atoms with E-state index in [2.05, 4.69) is 30.6 Å². The first-order chi connectivity index (χ1) is 7.13. The lowest BCUT2D eigenvalue weighted by Crippen LogP contribution is -2.35. The SMILES string of the molecule is CCN(CC)CCCN(CC)CC(=N)N. The van der Waals surface area contributed by atoms with E-state index < -0.39 is 0 Å². The minimum atomic E-state index is 0.264. The Labute approximate surface area is 93.9 Å². The van der Waals surface area contributed by atoms with Gasteiger partial charge in [0.05, 0.1) is 6.54 Å². The Morgan fingerprint density at radius 3 is 1.87 bits per heavy atom. The maximum absolute atomic E-state index is 7.25. The van der Waals surface area contributed by atoms with E-state index in [0.717, 1.165) is 39.1 Å². The molecule has 0 heterocycles. The molecule has 15 heavy (non-hydrogen) atoms. The quantitative estimate of drug-likeness (QED) is 0.444. The zero-order chi connectivity index (χ0) is 11.7.